The van der Waals surface area contributed by atoms with E-state index in [4.69, 9.17) is 9.47 Å². The Balaban J connectivity index is 1.60. The molecule has 27 heavy (non-hydrogen) atoms. The van der Waals surface area contributed by atoms with Crippen LogP contribution < -0.4 is 0 Å². The lowest BCUT2D eigenvalue weighted by Gasteiger charge is -2.39. The van der Waals surface area contributed by atoms with Gasteiger partial charge in [0.25, 0.3) is 5.69 Å². The van der Waals surface area contributed by atoms with E-state index in [0.717, 1.165) is 12.8 Å². The van der Waals surface area contributed by atoms with Crippen molar-refractivity contribution in [2.75, 3.05) is 0 Å². The van der Waals surface area contributed by atoms with Gasteiger partial charge in [-0.25, -0.2) is 9.59 Å². The van der Waals surface area contributed by atoms with E-state index in [0.29, 0.717) is 12.8 Å². The van der Waals surface area contributed by atoms with Gasteiger partial charge in [0.1, 0.15) is 11.7 Å². The molecule has 1 aromatic carbocycles. The first kappa shape index (κ1) is 19.1. The van der Waals surface area contributed by atoms with Crippen molar-refractivity contribution in [3.63, 3.8) is 0 Å². The molecule has 2 heterocycles. The van der Waals surface area contributed by atoms with Gasteiger partial charge in [-0.3, -0.25) is 10.1 Å². The number of esters is 1. The molecule has 2 aliphatic rings. The van der Waals surface area contributed by atoms with Crippen molar-refractivity contribution < 1.29 is 24.0 Å². The van der Waals surface area contributed by atoms with Gasteiger partial charge in [0.2, 0.25) is 0 Å². The molecule has 2 saturated heterocycles. The summed E-state index contributed by atoms with van der Waals surface area (Å²) in [6, 6.07) is 5.37. The Morgan fingerprint density at radius 1 is 1.11 bits per heavy atom. The smallest absolute Gasteiger partial charge is 0.410 e. The number of hydrogen-bond acceptors (Lipinski definition) is 6. The van der Waals surface area contributed by atoms with Gasteiger partial charge in [0.05, 0.1) is 10.5 Å². The lowest BCUT2D eigenvalue weighted by atomic mass is 10.00. The summed E-state index contributed by atoms with van der Waals surface area (Å²) in [6.07, 6.45) is 2.31. The van der Waals surface area contributed by atoms with Crippen molar-refractivity contribution in [1.82, 2.24) is 4.90 Å². The number of carbonyl (C=O) groups excluding carboxylic acids is 2. The average molecular weight is 376 g/mol. The summed E-state index contributed by atoms with van der Waals surface area (Å²) < 4.78 is 11.1. The number of benzene rings is 1. The van der Waals surface area contributed by atoms with Crippen molar-refractivity contribution in [3.8, 4) is 0 Å². The molecule has 0 N–H and O–H groups in total. The van der Waals surface area contributed by atoms with E-state index in [1.165, 1.54) is 24.3 Å². The number of piperidine rings is 1. The highest BCUT2D eigenvalue weighted by Gasteiger charge is 2.46. The van der Waals surface area contributed by atoms with E-state index in [9.17, 15) is 19.7 Å². The average Bonchev–Trinajstić information content (AvgIpc) is 2.85. The topological polar surface area (TPSA) is 99.0 Å². The van der Waals surface area contributed by atoms with Crippen molar-refractivity contribution in [2.24, 2.45) is 0 Å². The Hall–Kier alpha value is -2.64. The molecule has 1 unspecified atom stereocenters. The third-order valence-electron chi connectivity index (χ3n) is 4.88. The molecular formula is C19H24N2O6. The van der Waals surface area contributed by atoms with Crippen LogP contribution in [0.1, 0.15) is 56.8 Å². The predicted octanol–water partition coefficient (Wildman–Crippen LogP) is 3.68. The number of nitrogens with zero attached hydrogens (tertiary/aromatic N) is 2. The highest BCUT2D eigenvalue weighted by Crippen LogP contribution is 2.38. The molecule has 1 amide bonds. The number of hydrogen-bond donors (Lipinski definition) is 0. The normalized spacial score (nSPS) is 24.4. The third kappa shape index (κ3) is 4.37. The molecule has 8 nitrogen and oxygen atoms in total. The molecule has 0 aliphatic carbocycles. The summed E-state index contributed by atoms with van der Waals surface area (Å²) in [5.41, 5.74) is -0.340. The monoisotopic (exact) mass is 376 g/mol. The van der Waals surface area contributed by atoms with Crippen LogP contribution in [0.25, 0.3) is 0 Å². The molecule has 0 spiro atoms. The van der Waals surface area contributed by atoms with Crippen LogP contribution in [0.4, 0.5) is 10.5 Å². The Morgan fingerprint density at radius 3 is 2.15 bits per heavy atom. The van der Waals surface area contributed by atoms with Crippen molar-refractivity contribution >= 4 is 17.7 Å². The van der Waals surface area contributed by atoms with Crippen LogP contribution in [-0.4, -0.2) is 45.7 Å². The molecule has 2 aliphatic heterocycles. The molecule has 3 atom stereocenters. The van der Waals surface area contributed by atoms with Crippen LogP contribution in [0, 0.1) is 10.1 Å². The fraction of sp³-hybridized carbons (Fsp3) is 0.579. The summed E-state index contributed by atoms with van der Waals surface area (Å²) >= 11 is 0. The van der Waals surface area contributed by atoms with Gasteiger partial charge in [0, 0.05) is 37.1 Å². The van der Waals surface area contributed by atoms with Crippen LogP contribution in [-0.2, 0) is 9.47 Å². The van der Waals surface area contributed by atoms with E-state index in [-0.39, 0.29) is 35.5 Å². The Morgan fingerprint density at radius 2 is 1.67 bits per heavy atom. The van der Waals surface area contributed by atoms with Crippen LogP contribution in [0.3, 0.4) is 0 Å². The molecule has 2 fully saturated rings. The van der Waals surface area contributed by atoms with Crippen LogP contribution >= 0.6 is 0 Å². The standard InChI is InChI=1S/C19H24N2O6/c1-19(2,3)27-18(23)20-14-8-9-15(20)11-16(10-14)26-17(22)12-4-6-13(7-5-12)21(24)25/h4-7,14-16H,8-11H2,1-3H3/t14-,15+,16?. The fourth-order valence-corrected chi connectivity index (χ4v) is 3.77. The summed E-state index contributed by atoms with van der Waals surface area (Å²) in [4.78, 5) is 36.8. The number of ether oxygens (including phenoxy) is 2. The molecule has 0 aromatic heterocycles. The molecule has 2 bridgehead atoms. The summed E-state index contributed by atoms with van der Waals surface area (Å²) in [7, 11) is 0. The number of carbonyl (C=O) groups is 2. The third-order valence-corrected chi connectivity index (χ3v) is 4.88. The van der Waals surface area contributed by atoms with Gasteiger partial charge < -0.3 is 14.4 Å². The molecule has 0 radical (unpaired) electrons. The quantitative estimate of drug-likeness (QED) is 0.453. The van der Waals surface area contributed by atoms with Gasteiger partial charge in [-0.1, -0.05) is 0 Å². The van der Waals surface area contributed by atoms with Crippen molar-refractivity contribution in [3.05, 3.63) is 39.9 Å². The van der Waals surface area contributed by atoms with Gasteiger partial charge in [-0.15, -0.1) is 0 Å². The molecule has 0 saturated carbocycles. The second kappa shape index (κ2) is 7.17. The Labute approximate surface area is 157 Å². The first-order chi connectivity index (χ1) is 12.6. The highest BCUT2D eigenvalue weighted by molar-refractivity contribution is 5.89. The second-order valence-electron chi connectivity index (χ2n) is 8.08. The Kier molecular flexibility index (Phi) is 5.08. The van der Waals surface area contributed by atoms with E-state index in [1.807, 2.05) is 20.8 Å². The minimum atomic E-state index is -0.546. The van der Waals surface area contributed by atoms with Crippen molar-refractivity contribution in [2.45, 2.75) is 70.2 Å². The van der Waals surface area contributed by atoms with Gasteiger partial charge in [-0.2, -0.15) is 0 Å². The minimum Gasteiger partial charge on any atom is -0.459 e. The number of non-ortho nitro benzene ring substituents is 1. The maximum atomic E-state index is 12.5. The molecule has 8 heteroatoms. The summed E-state index contributed by atoms with van der Waals surface area (Å²) in [6.45, 7) is 5.52. The van der Waals surface area contributed by atoms with E-state index >= 15 is 0 Å². The van der Waals surface area contributed by atoms with E-state index < -0.39 is 16.5 Å². The first-order valence-electron chi connectivity index (χ1n) is 9.11. The number of nitro benzene ring substituents is 1. The SMILES string of the molecule is CC(C)(C)OC(=O)N1[C@@H]2CC[C@H]1CC(OC(=O)c1ccc([N+](=O)[O-])cc1)C2. The first-order valence-corrected chi connectivity index (χ1v) is 9.11. The lowest BCUT2D eigenvalue weighted by molar-refractivity contribution is -0.384. The molecular weight excluding hydrogens is 352 g/mol. The summed E-state index contributed by atoms with van der Waals surface area (Å²) in [5.74, 6) is -0.500. The Bertz CT molecular complexity index is 726. The number of fused-ring (bicyclic) bond motifs is 2. The molecule has 146 valence electrons. The van der Waals surface area contributed by atoms with Gasteiger partial charge in [-0.05, 0) is 45.7 Å². The van der Waals surface area contributed by atoms with Gasteiger partial charge >= 0.3 is 12.1 Å². The zero-order valence-corrected chi connectivity index (χ0v) is 15.7. The summed E-state index contributed by atoms with van der Waals surface area (Å²) in [5, 5.41) is 10.7. The number of nitro groups is 1. The molecule has 3 rings (SSSR count). The fourth-order valence-electron chi connectivity index (χ4n) is 3.77. The minimum absolute atomic E-state index is 0.00765. The van der Waals surface area contributed by atoms with Crippen LogP contribution in [0.5, 0.6) is 0 Å². The van der Waals surface area contributed by atoms with Crippen LogP contribution in [0.15, 0.2) is 24.3 Å². The van der Waals surface area contributed by atoms with Crippen LogP contribution in [0.2, 0.25) is 0 Å². The lowest BCUT2D eigenvalue weighted by Crippen LogP contribution is -2.50. The number of rotatable bonds is 3. The predicted molar refractivity (Wildman–Crippen MR) is 96.4 cm³/mol. The molecule has 1 aromatic rings. The maximum absolute atomic E-state index is 12.5. The van der Waals surface area contributed by atoms with Crippen molar-refractivity contribution in [1.29, 1.82) is 0 Å². The van der Waals surface area contributed by atoms with E-state index in [1.54, 1.807) is 4.90 Å². The zero-order valence-electron chi connectivity index (χ0n) is 15.7. The van der Waals surface area contributed by atoms with Gasteiger partial charge in [0.15, 0.2) is 0 Å². The second-order valence-corrected chi connectivity index (χ2v) is 8.08. The largest absolute Gasteiger partial charge is 0.459 e. The zero-order chi connectivity index (χ0) is 19.8. The highest BCUT2D eigenvalue weighted by atomic mass is 16.6. The van der Waals surface area contributed by atoms with E-state index in [2.05, 4.69) is 0 Å². The number of amides is 1. The maximum Gasteiger partial charge on any atom is 0.410 e.